The molecule has 15 heavy (non-hydrogen) atoms. The molecule has 0 radical (unpaired) electrons. The van der Waals surface area contributed by atoms with Gasteiger partial charge in [-0.1, -0.05) is 59.5 Å². The van der Waals surface area contributed by atoms with Gasteiger partial charge in [-0.2, -0.15) is 0 Å². The Balaban J connectivity index is 2.86. The second kappa shape index (κ2) is 5.69. The van der Waals surface area contributed by atoms with Crippen LogP contribution in [-0.4, -0.2) is 3.42 Å². The Morgan fingerprint density at radius 2 is 2.27 bits per heavy atom. The van der Waals surface area contributed by atoms with Crippen LogP contribution < -0.4 is 0 Å². The number of halogens is 1. The summed E-state index contributed by atoms with van der Waals surface area (Å²) in [5.74, 6) is 0. The lowest BCUT2D eigenvalue weighted by Crippen LogP contribution is -2.22. The van der Waals surface area contributed by atoms with Crippen molar-refractivity contribution in [1.29, 1.82) is 0 Å². The van der Waals surface area contributed by atoms with E-state index in [-0.39, 0.29) is 0 Å². The fourth-order valence-electron chi connectivity index (χ4n) is 1.97. The smallest absolute Gasteiger partial charge is 0.0441 e. The van der Waals surface area contributed by atoms with Gasteiger partial charge in [0.2, 0.25) is 0 Å². The molecule has 0 aromatic carbocycles. The Kier molecular flexibility index (Phi) is 4.84. The first-order valence-corrected chi connectivity index (χ1v) is 6.52. The zero-order chi connectivity index (χ0) is 11.3. The third kappa shape index (κ3) is 3.63. The molecular weight excluding hydrogens is 295 g/mol. The summed E-state index contributed by atoms with van der Waals surface area (Å²) in [5.41, 5.74) is 2.88. The third-order valence-corrected chi connectivity index (χ3v) is 3.90. The van der Waals surface area contributed by atoms with Gasteiger partial charge in [-0.25, -0.2) is 0 Å². The van der Waals surface area contributed by atoms with Crippen LogP contribution in [0.1, 0.15) is 33.1 Å². The van der Waals surface area contributed by atoms with Gasteiger partial charge < -0.3 is 0 Å². The van der Waals surface area contributed by atoms with Gasteiger partial charge in [0.25, 0.3) is 0 Å². The van der Waals surface area contributed by atoms with Gasteiger partial charge in [0.05, 0.1) is 0 Å². The fraction of sp³-hybridized carbons (Fsp3) is 0.429. The highest BCUT2D eigenvalue weighted by atomic mass is 127. The van der Waals surface area contributed by atoms with Crippen molar-refractivity contribution in [2.24, 2.45) is 0 Å². The molecular formula is C14H19I. The van der Waals surface area contributed by atoms with Crippen LogP contribution in [0.25, 0.3) is 0 Å². The van der Waals surface area contributed by atoms with Crippen LogP contribution in [0.3, 0.4) is 0 Å². The van der Waals surface area contributed by atoms with E-state index in [1.54, 1.807) is 0 Å². The molecule has 0 unspecified atom stereocenters. The molecule has 0 aromatic rings. The van der Waals surface area contributed by atoms with Gasteiger partial charge in [0.1, 0.15) is 0 Å². The maximum absolute atomic E-state index is 3.67. The molecule has 1 aliphatic carbocycles. The summed E-state index contributed by atoms with van der Waals surface area (Å²) in [5, 5.41) is 0. The molecule has 0 aliphatic heterocycles. The normalized spacial score (nSPS) is 27.9. The molecule has 0 nitrogen and oxygen atoms in total. The quantitative estimate of drug-likeness (QED) is 0.391. The number of rotatable bonds is 3. The highest BCUT2D eigenvalue weighted by molar-refractivity contribution is 14.1. The van der Waals surface area contributed by atoms with Crippen LogP contribution >= 0.6 is 22.6 Å². The van der Waals surface area contributed by atoms with Crippen molar-refractivity contribution in [3.63, 3.8) is 0 Å². The van der Waals surface area contributed by atoms with Crippen LogP contribution in [0.5, 0.6) is 0 Å². The van der Waals surface area contributed by atoms with Crippen LogP contribution in [-0.2, 0) is 0 Å². The Labute approximate surface area is 107 Å². The van der Waals surface area contributed by atoms with Crippen LogP contribution in [0, 0.1) is 0 Å². The fourth-order valence-corrected chi connectivity index (χ4v) is 3.00. The molecule has 0 fully saturated rings. The summed E-state index contributed by atoms with van der Waals surface area (Å²) in [6.07, 6.45) is 14.2. The largest absolute Gasteiger partial charge is 0.0991 e. The first-order chi connectivity index (χ1) is 7.08. The Hall–Kier alpha value is -0.310. The van der Waals surface area contributed by atoms with E-state index in [4.69, 9.17) is 0 Å². The Morgan fingerprint density at radius 1 is 1.53 bits per heavy atom. The minimum atomic E-state index is 0.318. The highest BCUT2D eigenvalue weighted by Gasteiger charge is 2.27. The molecule has 1 heteroatoms. The van der Waals surface area contributed by atoms with E-state index in [1.165, 1.54) is 30.4 Å². The van der Waals surface area contributed by atoms with E-state index in [2.05, 4.69) is 61.2 Å². The van der Waals surface area contributed by atoms with E-state index >= 15 is 0 Å². The maximum atomic E-state index is 3.67. The molecule has 1 atom stereocenters. The molecule has 0 amide bonds. The van der Waals surface area contributed by atoms with E-state index < -0.39 is 0 Å². The summed E-state index contributed by atoms with van der Waals surface area (Å²) >= 11 is 2.58. The van der Waals surface area contributed by atoms with Crippen molar-refractivity contribution in [3.8, 4) is 0 Å². The molecule has 0 aromatic heterocycles. The van der Waals surface area contributed by atoms with E-state index in [0.717, 1.165) is 0 Å². The van der Waals surface area contributed by atoms with Crippen molar-refractivity contribution in [2.75, 3.05) is 0 Å². The number of allylic oxidation sites excluding steroid dienone is 7. The van der Waals surface area contributed by atoms with Gasteiger partial charge in [-0.05, 0) is 44.3 Å². The van der Waals surface area contributed by atoms with Crippen molar-refractivity contribution in [2.45, 2.75) is 36.5 Å². The lowest BCUT2D eigenvalue weighted by Gasteiger charge is -2.30. The van der Waals surface area contributed by atoms with Crippen LogP contribution in [0.2, 0.25) is 0 Å². The lowest BCUT2D eigenvalue weighted by atomic mass is 9.85. The summed E-state index contributed by atoms with van der Waals surface area (Å²) in [6.45, 7) is 8.19. The molecule has 82 valence electrons. The predicted octanol–water partition coefficient (Wildman–Crippen LogP) is 4.98. The van der Waals surface area contributed by atoms with Crippen molar-refractivity contribution in [3.05, 3.63) is 48.1 Å². The summed E-state index contributed by atoms with van der Waals surface area (Å²) in [6, 6.07) is 0. The van der Waals surface area contributed by atoms with E-state index in [0.29, 0.717) is 3.42 Å². The zero-order valence-electron chi connectivity index (χ0n) is 9.59. The third-order valence-electron chi connectivity index (χ3n) is 2.78. The Bertz CT molecular complexity index is 316. The number of hydrogen-bond donors (Lipinski definition) is 0. The molecule has 0 heterocycles. The molecule has 0 spiro atoms. The second-order valence-corrected chi connectivity index (χ2v) is 6.56. The van der Waals surface area contributed by atoms with E-state index in [1.807, 2.05) is 12.2 Å². The molecule has 1 aliphatic rings. The molecule has 0 saturated carbocycles. The summed E-state index contributed by atoms with van der Waals surface area (Å²) < 4.78 is 0.318. The molecule has 0 saturated heterocycles. The molecule has 0 N–H and O–H groups in total. The van der Waals surface area contributed by atoms with Gasteiger partial charge in [0.15, 0.2) is 0 Å². The standard InChI is InChI=1S/C14H19I/c1-4-5-6-9-12(2)13-10-7-8-11-14(13,3)15/h4-6,9-10H,1,7-8,11H2,2-3H3/b6-5-,12-9+/t14-/m0/s1. The van der Waals surface area contributed by atoms with Gasteiger partial charge >= 0.3 is 0 Å². The van der Waals surface area contributed by atoms with Gasteiger partial charge in [-0.15, -0.1) is 0 Å². The molecule has 1 rings (SSSR count). The van der Waals surface area contributed by atoms with Crippen molar-refractivity contribution in [1.82, 2.24) is 0 Å². The zero-order valence-corrected chi connectivity index (χ0v) is 11.8. The number of alkyl halides is 1. The van der Waals surface area contributed by atoms with Gasteiger partial charge in [0, 0.05) is 3.42 Å². The topological polar surface area (TPSA) is 0 Å². The first-order valence-electron chi connectivity index (χ1n) is 5.44. The summed E-state index contributed by atoms with van der Waals surface area (Å²) in [7, 11) is 0. The average Bonchev–Trinajstić information content (AvgIpc) is 2.17. The Morgan fingerprint density at radius 3 is 2.87 bits per heavy atom. The maximum Gasteiger partial charge on any atom is 0.0441 e. The SMILES string of the molecule is C=C/C=C\C=C(/C)C1=CCCC[C@]1(C)I. The van der Waals surface area contributed by atoms with E-state index in [9.17, 15) is 0 Å². The highest BCUT2D eigenvalue weighted by Crippen LogP contribution is 2.40. The van der Waals surface area contributed by atoms with Crippen molar-refractivity contribution >= 4 is 22.6 Å². The minimum Gasteiger partial charge on any atom is -0.0991 e. The molecule has 0 bridgehead atoms. The van der Waals surface area contributed by atoms with Crippen LogP contribution in [0.4, 0.5) is 0 Å². The monoisotopic (exact) mass is 314 g/mol. The lowest BCUT2D eigenvalue weighted by molar-refractivity contribution is 0.620. The second-order valence-electron chi connectivity index (χ2n) is 4.18. The average molecular weight is 314 g/mol. The predicted molar refractivity (Wildman–Crippen MR) is 77.5 cm³/mol. The summed E-state index contributed by atoms with van der Waals surface area (Å²) in [4.78, 5) is 0. The first kappa shape index (κ1) is 12.8. The minimum absolute atomic E-state index is 0.318. The number of hydrogen-bond acceptors (Lipinski definition) is 0. The van der Waals surface area contributed by atoms with Crippen LogP contribution in [0.15, 0.2) is 48.1 Å². The van der Waals surface area contributed by atoms with Crippen molar-refractivity contribution < 1.29 is 0 Å². The van der Waals surface area contributed by atoms with Gasteiger partial charge in [-0.3, -0.25) is 0 Å².